The molecule has 2 nitrogen and oxygen atoms in total. The maximum Gasteiger partial charge on any atom is 0.0470 e. The van der Waals surface area contributed by atoms with E-state index in [9.17, 15) is 0 Å². The van der Waals surface area contributed by atoms with Crippen LogP contribution in [0.4, 0.5) is 0 Å². The Bertz CT molecular complexity index is 568. The Morgan fingerprint density at radius 3 is 2.89 bits per heavy atom. The van der Waals surface area contributed by atoms with Crippen molar-refractivity contribution in [3.8, 4) is 0 Å². The summed E-state index contributed by atoms with van der Waals surface area (Å²) >= 11 is 0. The minimum Gasteiger partial charge on any atom is -0.350 e. The lowest BCUT2D eigenvalue weighted by molar-refractivity contribution is 0.649. The van der Waals surface area contributed by atoms with Crippen molar-refractivity contribution < 1.29 is 0 Å². The minimum atomic E-state index is 0.418. The molecule has 1 aromatic heterocycles. The van der Waals surface area contributed by atoms with Gasteiger partial charge in [-0.05, 0) is 61.6 Å². The van der Waals surface area contributed by atoms with Crippen LogP contribution in [0.1, 0.15) is 41.6 Å². The normalized spacial score (nSPS) is 15.5. The number of fused-ring (bicyclic) bond motifs is 1. The van der Waals surface area contributed by atoms with E-state index in [0.29, 0.717) is 6.04 Å². The van der Waals surface area contributed by atoms with Crippen LogP contribution in [0.15, 0.2) is 36.7 Å². The molecular weight excluding hydrogens is 232 g/mol. The summed E-state index contributed by atoms with van der Waals surface area (Å²) in [5.41, 5.74) is 5.89. The topological polar surface area (TPSA) is 17.0 Å². The van der Waals surface area contributed by atoms with Crippen molar-refractivity contribution in [3.05, 3.63) is 58.9 Å². The van der Waals surface area contributed by atoms with E-state index in [-0.39, 0.29) is 0 Å². The standard InChI is InChI=1S/C17H22N2/c1-13(18-2)17-8-9-19(12-17)11-14-6-7-15-4-3-5-16(15)10-14/h6-10,12-13,18H,3-5,11H2,1-2H3. The highest BCUT2D eigenvalue weighted by molar-refractivity contribution is 5.35. The Morgan fingerprint density at radius 2 is 2.05 bits per heavy atom. The van der Waals surface area contributed by atoms with E-state index in [2.05, 4.69) is 53.5 Å². The highest BCUT2D eigenvalue weighted by Crippen LogP contribution is 2.23. The molecule has 0 spiro atoms. The Labute approximate surface area is 115 Å². The van der Waals surface area contributed by atoms with Crippen molar-refractivity contribution in [3.63, 3.8) is 0 Å². The number of hydrogen-bond donors (Lipinski definition) is 1. The summed E-state index contributed by atoms with van der Waals surface area (Å²) in [6.07, 6.45) is 8.27. The van der Waals surface area contributed by atoms with Crippen molar-refractivity contribution in [1.82, 2.24) is 9.88 Å². The first-order chi connectivity index (χ1) is 9.26. The molecule has 0 aliphatic heterocycles. The molecule has 0 fully saturated rings. The lowest BCUT2D eigenvalue weighted by Gasteiger charge is -2.08. The van der Waals surface area contributed by atoms with Crippen molar-refractivity contribution in [2.45, 2.75) is 38.8 Å². The summed E-state index contributed by atoms with van der Waals surface area (Å²) in [5.74, 6) is 0. The molecule has 1 heterocycles. The second-order valence-electron chi connectivity index (χ2n) is 5.58. The molecular formula is C17H22N2. The molecule has 2 heteroatoms. The average Bonchev–Trinajstić information content (AvgIpc) is 3.06. The van der Waals surface area contributed by atoms with Gasteiger partial charge in [0.1, 0.15) is 0 Å². The maximum absolute atomic E-state index is 3.28. The number of nitrogens with one attached hydrogen (secondary N) is 1. The predicted octanol–water partition coefficient (Wildman–Crippen LogP) is 3.31. The van der Waals surface area contributed by atoms with Gasteiger partial charge in [-0.15, -0.1) is 0 Å². The number of aryl methyl sites for hydroxylation is 2. The lowest BCUT2D eigenvalue weighted by Crippen LogP contribution is -2.11. The fourth-order valence-electron chi connectivity index (χ4n) is 2.91. The van der Waals surface area contributed by atoms with Gasteiger partial charge in [0.15, 0.2) is 0 Å². The second kappa shape index (κ2) is 5.22. The van der Waals surface area contributed by atoms with Crippen LogP contribution in [0.25, 0.3) is 0 Å². The van der Waals surface area contributed by atoms with Gasteiger partial charge in [0.05, 0.1) is 0 Å². The fraction of sp³-hybridized carbons (Fsp3) is 0.412. The third kappa shape index (κ3) is 2.59. The maximum atomic E-state index is 3.28. The second-order valence-corrected chi connectivity index (χ2v) is 5.58. The van der Waals surface area contributed by atoms with Gasteiger partial charge in [-0.1, -0.05) is 18.2 Å². The van der Waals surface area contributed by atoms with E-state index in [4.69, 9.17) is 0 Å². The van der Waals surface area contributed by atoms with Gasteiger partial charge in [0, 0.05) is 25.0 Å². The van der Waals surface area contributed by atoms with Crippen molar-refractivity contribution >= 4 is 0 Å². The molecule has 1 aliphatic carbocycles. The Balaban J connectivity index is 1.76. The third-order valence-electron chi connectivity index (χ3n) is 4.23. The average molecular weight is 254 g/mol. The van der Waals surface area contributed by atoms with Gasteiger partial charge in [-0.3, -0.25) is 0 Å². The summed E-state index contributed by atoms with van der Waals surface area (Å²) < 4.78 is 2.28. The van der Waals surface area contributed by atoms with Gasteiger partial charge in [0.2, 0.25) is 0 Å². The summed E-state index contributed by atoms with van der Waals surface area (Å²) in [5, 5.41) is 3.28. The van der Waals surface area contributed by atoms with Crippen molar-refractivity contribution in [2.24, 2.45) is 0 Å². The fourth-order valence-corrected chi connectivity index (χ4v) is 2.91. The van der Waals surface area contributed by atoms with Gasteiger partial charge in [0.25, 0.3) is 0 Å². The smallest absolute Gasteiger partial charge is 0.0470 e. The molecule has 0 saturated carbocycles. The number of hydrogen-bond acceptors (Lipinski definition) is 1. The lowest BCUT2D eigenvalue weighted by atomic mass is 10.1. The zero-order valence-electron chi connectivity index (χ0n) is 11.8. The first-order valence-corrected chi connectivity index (χ1v) is 7.20. The number of nitrogens with zero attached hydrogens (tertiary/aromatic N) is 1. The molecule has 3 rings (SSSR count). The van der Waals surface area contributed by atoms with E-state index in [1.165, 1.54) is 30.4 Å². The summed E-state index contributed by atoms with van der Waals surface area (Å²) in [7, 11) is 2.00. The van der Waals surface area contributed by atoms with Crippen molar-refractivity contribution in [2.75, 3.05) is 7.05 Å². The summed E-state index contributed by atoms with van der Waals surface area (Å²) in [6.45, 7) is 3.17. The quantitative estimate of drug-likeness (QED) is 0.886. The molecule has 19 heavy (non-hydrogen) atoms. The number of benzene rings is 1. The van der Waals surface area contributed by atoms with Crippen LogP contribution < -0.4 is 5.32 Å². The summed E-state index contributed by atoms with van der Waals surface area (Å²) in [6, 6.07) is 9.61. The van der Waals surface area contributed by atoms with E-state index in [1.54, 1.807) is 11.1 Å². The van der Waals surface area contributed by atoms with Gasteiger partial charge in [-0.2, -0.15) is 0 Å². The Morgan fingerprint density at radius 1 is 1.21 bits per heavy atom. The molecule has 0 saturated heterocycles. The van der Waals surface area contributed by atoms with E-state index < -0.39 is 0 Å². The third-order valence-corrected chi connectivity index (χ3v) is 4.23. The van der Waals surface area contributed by atoms with E-state index in [0.717, 1.165) is 6.54 Å². The summed E-state index contributed by atoms with van der Waals surface area (Å²) in [4.78, 5) is 0. The van der Waals surface area contributed by atoms with Crippen LogP contribution in [0.5, 0.6) is 0 Å². The molecule has 100 valence electrons. The monoisotopic (exact) mass is 254 g/mol. The highest BCUT2D eigenvalue weighted by Gasteiger charge is 2.11. The zero-order chi connectivity index (χ0) is 13.2. The van der Waals surface area contributed by atoms with E-state index >= 15 is 0 Å². The number of rotatable bonds is 4. The molecule has 1 unspecified atom stereocenters. The Hall–Kier alpha value is -1.54. The van der Waals surface area contributed by atoms with Crippen molar-refractivity contribution in [1.29, 1.82) is 0 Å². The predicted molar refractivity (Wildman–Crippen MR) is 79.5 cm³/mol. The van der Waals surface area contributed by atoms with Crippen LogP contribution in [0.3, 0.4) is 0 Å². The highest BCUT2D eigenvalue weighted by atomic mass is 14.9. The molecule has 2 aromatic rings. The first-order valence-electron chi connectivity index (χ1n) is 7.20. The molecule has 0 radical (unpaired) electrons. The number of aromatic nitrogens is 1. The zero-order valence-corrected chi connectivity index (χ0v) is 11.8. The molecule has 1 N–H and O–H groups in total. The van der Waals surface area contributed by atoms with Gasteiger partial charge >= 0.3 is 0 Å². The van der Waals surface area contributed by atoms with Crippen LogP contribution in [-0.2, 0) is 19.4 Å². The molecule has 1 aromatic carbocycles. The Kier molecular flexibility index (Phi) is 3.43. The minimum absolute atomic E-state index is 0.418. The molecule has 0 bridgehead atoms. The molecule has 0 amide bonds. The van der Waals surface area contributed by atoms with Crippen LogP contribution in [-0.4, -0.2) is 11.6 Å². The van der Waals surface area contributed by atoms with Gasteiger partial charge in [-0.25, -0.2) is 0 Å². The van der Waals surface area contributed by atoms with Crippen LogP contribution >= 0.6 is 0 Å². The van der Waals surface area contributed by atoms with Crippen LogP contribution in [0, 0.1) is 0 Å². The van der Waals surface area contributed by atoms with Crippen LogP contribution in [0.2, 0.25) is 0 Å². The first kappa shape index (κ1) is 12.5. The molecule has 1 aliphatic rings. The largest absolute Gasteiger partial charge is 0.350 e. The van der Waals surface area contributed by atoms with Gasteiger partial charge < -0.3 is 9.88 Å². The SMILES string of the molecule is CNC(C)c1ccn(Cc2ccc3c(c2)CCC3)c1. The van der Waals surface area contributed by atoms with E-state index in [1.807, 2.05) is 7.05 Å². The molecule has 1 atom stereocenters.